The molecule has 5 fully saturated rings. The van der Waals surface area contributed by atoms with Gasteiger partial charge >= 0.3 is 0 Å². The lowest BCUT2D eigenvalue weighted by atomic mass is 9.48. The van der Waals surface area contributed by atoms with Crippen LogP contribution >= 0.6 is 0 Å². The SMILES string of the molecule is CC(NS(=O)(=O)CC1CCCCO1)C12CC3CC(CC(C3)C1)C2. The van der Waals surface area contributed by atoms with Crippen LogP contribution in [0.15, 0.2) is 0 Å². The van der Waals surface area contributed by atoms with Crippen molar-refractivity contribution in [1.82, 2.24) is 4.72 Å². The van der Waals surface area contributed by atoms with Gasteiger partial charge in [0.05, 0.1) is 11.9 Å². The van der Waals surface area contributed by atoms with Gasteiger partial charge in [0.2, 0.25) is 10.0 Å². The second-order valence-electron chi connectivity index (χ2n) is 8.89. The average Bonchev–Trinajstić information content (AvgIpc) is 2.45. The zero-order valence-corrected chi connectivity index (χ0v) is 15.1. The summed E-state index contributed by atoms with van der Waals surface area (Å²) in [5, 5.41) is 0. The maximum atomic E-state index is 12.6. The normalized spacial score (nSPS) is 44.4. The second-order valence-corrected chi connectivity index (χ2v) is 10.7. The molecule has 4 nitrogen and oxygen atoms in total. The van der Waals surface area contributed by atoms with Crippen molar-refractivity contribution in [3.8, 4) is 0 Å². The van der Waals surface area contributed by atoms with Crippen molar-refractivity contribution in [2.24, 2.45) is 23.2 Å². The third-order valence-corrected chi connectivity index (χ3v) is 8.56. The van der Waals surface area contributed by atoms with Crippen molar-refractivity contribution < 1.29 is 13.2 Å². The summed E-state index contributed by atoms with van der Waals surface area (Å²) in [6.45, 7) is 2.83. The first-order chi connectivity index (χ1) is 10.9. The van der Waals surface area contributed by atoms with Crippen LogP contribution in [-0.2, 0) is 14.8 Å². The predicted octanol–water partition coefficient (Wildman–Crippen LogP) is 3.08. The molecule has 2 atom stereocenters. The van der Waals surface area contributed by atoms with E-state index in [1.807, 2.05) is 0 Å². The van der Waals surface area contributed by atoms with E-state index in [1.54, 1.807) is 0 Å². The molecule has 5 rings (SSSR count). The van der Waals surface area contributed by atoms with Gasteiger partial charge in [-0.25, -0.2) is 13.1 Å². The molecule has 1 heterocycles. The minimum atomic E-state index is -3.25. The van der Waals surface area contributed by atoms with E-state index in [4.69, 9.17) is 4.74 Å². The molecule has 4 bridgehead atoms. The van der Waals surface area contributed by atoms with E-state index in [9.17, 15) is 8.42 Å². The minimum Gasteiger partial charge on any atom is -0.377 e. The molecule has 5 aliphatic rings. The third-order valence-electron chi connectivity index (χ3n) is 7.04. The fraction of sp³-hybridized carbons (Fsp3) is 1.00. The van der Waals surface area contributed by atoms with Crippen molar-refractivity contribution >= 4 is 10.0 Å². The zero-order chi connectivity index (χ0) is 16.1. The van der Waals surface area contributed by atoms with E-state index in [0.717, 1.165) is 37.0 Å². The molecule has 4 saturated carbocycles. The summed E-state index contributed by atoms with van der Waals surface area (Å²) < 4.78 is 33.9. The number of hydrogen-bond donors (Lipinski definition) is 1. The van der Waals surface area contributed by atoms with Crippen LogP contribution in [0.4, 0.5) is 0 Å². The molecular formula is C18H31NO3S. The lowest BCUT2D eigenvalue weighted by Gasteiger charge is -2.59. The molecule has 0 spiro atoms. The van der Waals surface area contributed by atoms with Gasteiger partial charge in [0.25, 0.3) is 0 Å². The smallest absolute Gasteiger partial charge is 0.214 e. The summed E-state index contributed by atoms with van der Waals surface area (Å²) in [4.78, 5) is 0. The van der Waals surface area contributed by atoms with Gasteiger partial charge in [0.1, 0.15) is 0 Å². The van der Waals surface area contributed by atoms with Gasteiger partial charge in [-0.2, -0.15) is 0 Å². The molecular weight excluding hydrogens is 310 g/mol. The molecule has 5 heteroatoms. The first-order valence-corrected chi connectivity index (χ1v) is 11.2. The molecule has 23 heavy (non-hydrogen) atoms. The molecule has 0 aromatic carbocycles. The lowest BCUT2D eigenvalue weighted by molar-refractivity contribution is -0.0666. The summed E-state index contributed by atoms with van der Waals surface area (Å²) >= 11 is 0. The maximum absolute atomic E-state index is 12.6. The Morgan fingerprint density at radius 3 is 2.22 bits per heavy atom. The maximum Gasteiger partial charge on any atom is 0.214 e. The Balaban J connectivity index is 1.41. The van der Waals surface area contributed by atoms with Gasteiger partial charge in [-0.15, -0.1) is 0 Å². The molecule has 0 aromatic rings. The molecule has 1 saturated heterocycles. The van der Waals surface area contributed by atoms with Crippen LogP contribution in [0, 0.1) is 23.2 Å². The van der Waals surface area contributed by atoms with Crippen LogP contribution in [0.1, 0.15) is 64.7 Å². The Morgan fingerprint density at radius 1 is 1.09 bits per heavy atom. The molecule has 4 aliphatic carbocycles. The Kier molecular flexibility index (Phi) is 4.26. The van der Waals surface area contributed by atoms with E-state index in [1.165, 1.54) is 38.5 Å². The van der Waals surface area contributed by atoms with Crippen LogP contribution < -0.4 is 4.72 Å². The molecule has 1 aliphatic heterocycles. The first kappa shape index (κ1) is 16.3. The standard InChI is InChI=1S/C18H31NO3S/c1-13(19-23(20,21)12-17-4-2-3-5-22-17)18-9-14-6-15(10-18)8-16(7-14)11-18/h13-17,19H,2-12H2,1H3. The molecule has 0 aromatic heterocycles. The lowest BCUT2D eigenvalue weighted by Crippen LogP contribution is -2.56. The van der Waals surface area contributed by atoms with E-state index < -0.39 is 10.0 Å². The van der Waals surface area contributed by atoms with Crippen LogP contribution in [0.2, 0.25) is 0 Å². The Labute approximate surface area is 140 Å². The summed E-state index contributed by atoms with van der Waals surface area (Å²) in [7, 11) is -3.25. The Hall–Kier alpha value is -0.130. The molecule has 0 amide bonds. The highest BCUT2D eigenvalue weighted by atomic mass is 32.2. The van der Waals surface area contributed by atoms with Gasteiger partial charge in [0, 0.05) is 12.6 Å². The number of ether oxygens (including phenoxy) is 1. The highest BCUT2D eigenvalue weighted by molar-refractivity contribution is 7.89. The van der Waals surface area contributed by atoms with Crippen LogP contribution in [-0.4, -0.2) is 32.9 Å². The fourth-order valence-electron chi connectivity index (χ4n) is 6.33. The third kappa shape index (κ3) is 3.34. The summed E-state index contributed by atoms with van der Waals surface area (Å²) in [5.41, 5.74) is 0.231. The van der Waals surface area contributed by atoms with E-state index >= 15 is 0 Å². The summed E-state index contributed by atoms with van der Waals surface area (Å²) in [6.07, 6.45) is 10.8. The fourth-order valence-corrected chi connectivity index (χ4v) is 7.97. The topological polar surface area (TPSA) is 55.4 Å². The van der Waals surface area contributed by atoms with Crippen molar-refractivity contribution in [1.29, 1.82) is 0 Å². The van der Waals surface area contributed by atoms with Crippen molar-refractivity contribution in [3.63, 3.8) is 0 Å². The highest BCUT2D eigenvalue weighted by Crippen LogP contribution is 2.61. The molecule has 2 unspecified atom stereocenters. The second kappa shape index (κ2) is 5.99. The van der Waals surface area contributed by atoms with Crippen LogP contribution in [0.3, 0.4) is 0 Å². The van der Waals surface area contributed by atoms with Gasteiger partial charge in [-0.3, -0.25) is 0 Å². The largest absolute Gasteiger partial charge is 0.377 e. The number of rotatable bonds is 5. The molecule has 1 N–H and O–H groups in total. The summed E-state index contributed by atoms with van der Waals surface area (Å²) in [6, 6.07) is 0.0736. The first-order valence-electron chi connectivity index (χ1n) is 9.56. The van der Waals surface area contributed by atoms with E-state index in [-0.39, 0.29) is 23.3 Å². The van der Waals surface area contributed by atoms with Gasteiger partial charge < -0.3 is 4.74 Å². The van der Waals surface area contributed by atoms with Crippen molar-refractivity contribution in [2.45, 2.75) is 76.9 Å². The Bertz CT molecular complexity index is 503. The molecule has 0 radical (unpaired) electrons. The van der Waals surface area contributed by atoms with Crippen LogP contribution in [0.25, 0.3) is 0 Å². The van der Waals surface area contributed by atoms with Gasteiger partial charge in [-0.1, -0.05) is 0 Å². The minimum absolute atomic E-state index is 0.0736. The number of hydrogen-bond acceptors (Lipinski definition) is 3. The highest BCUT2D eigenvalue weighted by Gasteiger charge is 2.53. The Morgan fingerprint density at radius 2 is 1.70 bits per heavy atom. The van der Waals surface area contributed by atoms with Crippen LogP contribution in [0.5, 0.6) is 0 Å². The van der Waals surface area contributed by atoms with Crippen molar-refractivity contribution in [3.05, 3.63) is 0 Å². The van der Waals surface area contributed by atoms with E-state index in [2.05, 4.69) is 11.6 Å². The zero-order valence-electron chi connectivity index (χ0n) is 14.3. The number of sulfonamides is 1. The quantitative estimate of drug-likeness (QED) is 0.836. The monoisotopic (exact) mass is 341 g/mol. The average molecular weight is 342 g/mol. The van der Waals surface area contributed by atoms with Gasteiger partial charge in [-0.05, 0) is 87.9 Å². The summed E-state index contributed by atoms with van der Waals surface area (Å²) in [5.74, 6) is 2.71. The number of nitrogens with one attached hydrogen (secondary N) is 1. The molecule has 132 valence electrons. The van der Waals surface area contributed by atoms with Gasteiger partial charge in [0.15, 0.2) is 0 Å². The van der Waals surface area contributed by atoms with E-state index in [0.29, 0.717) is 6.61 Å². The van der Waals surface area contributed by atoms with Crippen molar-refractivity contribution in [2.75, 3.05) is 12.4 Å². The predicted molar refractivity (Wildman–Crippen MR) is 90.6 cm³/mol.